The minimum atomic E-state index is -4.82. The van der Waals surface area contributed by atoms with Crippen LogP contribution < -0.4 is 10.5 Å². The monoisotopic (exact) mass is 311 g/mol. The zero-order valence-electron chi connectivity index (χ0n) is 10.5. The normalized spacial score (nSPS) is 12.9. The van der Waals surface area contributed by atoms with E-state index in [1.807, 2.05) is 0 Å². The van der Waals surface area contributed by atoms with Gasteiger partial charge in [-0.2, -0.15) is 0 Å². The molecule has 0 aromatic heterocycles. The smallest absolute Gasteiger partial charge is 0.466 e. The van der Waals surface area contributed by atoms with Crippen molar-refractivity contribution in [2.45, 2.75) is 25.7 Å². The molecule has 0 aliphatic carbocycles. The molecule has 0 bridgehead atoms. The van der Waals surface area contributed by atoms with E-state index < -0.39 is 24.1 Å². The number of ether oxygens (including phenoxy) is 2. The van der Waals surface area contributed by atoms with Crippen LogP contribution in [0.25, 0.3) is 0 Å². The fraction of sp³-hybridized carbons (Fsp3) is 0.417. The maximum atomic E-state index is 12.1. The molecule has 0 amide bonds. The summed E-state index contributed by atoms with van der Waals surface area (Å²) in [6.45, 7) is 1.88. The molecule has 20 heavy (non-hydrogen) atoms. The predicted octanol–water partition coefficient (Wildman–Crippen LogP) is 3.19. The number of hydrogen-bond donors (Lipinski definition) is 1. The first-order valence-electron chi connectivity index (χ1n) is 5.69. The molecule has 1 atom stereocenters. The van der Waals surface area contributed by atoms with Crippen LogP contribution >= 0.6 is 11.6 Å². The van der Waals surface area contributed by atoms with Crippen LogP contribution in [0.3, 0.4) is 0 Å². The Hall–Kier alpha value is -1.47. The Kier molecular flexibility index (Phi) is 5.64. The van der Waals surface area contributed by atoms with Gasteiger partial charge in [0, 0.05) is 6.04 Å². The van der Waals surface area contributed by atoms with E-state index in [9.17, 15) is 18.0 Å². The molecule has 0 heterocycles. The molecule has 1 aromatic rings. The van der Waals surface area contributed by atoms with Crippen molar-refractivity contribution in [1.29, 1.82) is 0 Å². The summed E-state index contributed by atoms with van der Waals surface area (Å²) < 4.78 is 44.7. The minimum absolute atomic E-state index is 0.0936. The highest BCUT2D eigenvalue weighted by molar-refractivity contribution is 6.32. The highest BCUT2D eigenvalue weighted by Gasteiger charge is 2.32. The van der Waals surface area contributed by atoms with Gasteiger partial charge in [0.25, 0.3) is 0 Å². The Morgan fingerprint density at radius 2 is 2.10 bits per heavy atom. The highest BCUT2D eigenvalue weighted by atomic mass is 35.5. The third kappa shape index (κ3) is 5.26. The van der Waals surface area contributed by atoms with Crippen LogP contribution in [0.15, 0.2) is 18.2 Å². The molecule has 0 spiro atoms. The van der Waals surface area contributed by atoms with Crippen molar-refractivity contribution in [3.63, 3.8) is 0 Å². The Labute approximate surface area is 118 Å². The van der Waals surface area contributed by atoms with E-state index in [0.717, 1.165) is 6.07 Å². The lowest BCUT2D eigenvalue weighted by Crippen LogP contribution is -2.19. The van der Waals surface area contributed by atoms with Crippen molar-refractivity contribution in [2.24, 2.45) is 5.73 Å². The second-order valence-electron chi connectivity index (χ2n) is 3.85. The molecule has 8 heteroatoms. The summed E-state index contributed by atoms with van der Waals surface area (Å²) in [5, 5.41) is -0.237. The second kappa shape index (κ2) is 6.81. The third-order valence-corrected chi connectivity index (χ3v) is 2.60. The molecular weight excluding hydrogens is 299 g/mol. The summed E-state index contributed by atoms with van der Waals surface area (Å²) in [7, 11) is 0. The molecule has 1 rings (SSSR count). The molecule has 0 saturated carbocycles. The van der Waals surface area contributed by atoms with E-state index in [2.05, 4.69) is 4.74 Å². The molecule has 0 aliphatic heterocycles. The van der Waals surface area contributed by atoms with Gasteiger partial charge in [-0.3, -0.25) is 4.79 Å². The number of carbonyl (C=O) groups excluding carboxylic acids is 1. The number of alkyl halides is 3. The van der Waals surface area contributed by atoms with Crippen LogP contribution in [-0.2, 0) is 9.53 Å². The van der Waals surface area contributed by atoms with Gasteiger partial charge in [0.1, 0.15) is 5.75 Å². The predicted molar refractivity (Wildman–Crippen MR) is 66.3 cm³/mol. The van der Waals surface area contributed by atoms with Crippen LogP contribution in [0.5, 0.6) is 5.75 Å². The topological polar surface area (TPSA) is 61.5 Å². The van der Waals surface area contributed by atoms with Crippen molar-refractivity contribution in [3.8, 4) is 5.75 Å². The Morgan fingerprint density at radius 1 is 1.45 bits per heavy atom. The van der Waals surface area contributed by atoms with E-state index in [0.29, 0.717) is 5.56 Å². The number of rotatable bonds is 5. The van der Waals surface area contributed by atoms with E-state index in [1.54, 1.807) is 6.92 Å². The molecule has 0 fully saturated rings. The lowest BCUT2D eigenvalue weighted by Gasteiger charge is -2.14. The zero-order valence-corrected chi connectivity index (χ0v) is 11.3. The van der Waals surface area contributed by atoms with Crippen molar-refractivity contribution in [1.82, 2.24) is 0 Å². The zero-order chi connectivity index (χ0) is 15.3. The van der Waals surface area contributed by atoms with Gasteiger partial charge < -0.3 is 15.2 Å². The number of esters is 1. The van der Waals surface area contributed by atoms with E-state index >= 15 is 0 Å². The highest BCUT2D eigenvalue weighted by Crippen LogP contribution is 2.32. The Bertz CT molecular complexity index is 480. The number of hydrogen-bond acceptors (Lipinski definition) is 4. The van der Waals surface area contributed by atoms with Gasteiger partial charge in [0.15, 0.2) is 0 Å². The molecule has 0 radical (unpaired) electrons. The lowest BCUT2D eigenvalue weighted by atomic mass is 10.0. The third-order valence-electron chi connectivity index (χ3n) is 2.30. The van der Waals surface area contributed by atoms with E-state index in [1.165, 1.54) is 12.1 Å². The Morgan fingerprint density at radius 3 is 2.60 bits per heavy atom. The minimum Gasteiger partial charge on any atom is -0.466 e. The molecule has 2 N–H and O–H groups in total. The standard InChI is InChI=1S/C12H13ClF3NO3/c1-2-19-11(18)6-9(17)7-3-4-10(8(13)5-7)20-12(14,15)16/h3-5,9H,2,6,17H2,1H3/t9-/m1/s1. The fourth-order valence-corrected chi connectivity index (χ4v) is 1.70. The molecule has 112 valence electrons. The van der Waals surface area contributed by atoms with Crippen molar-refractivity contribution in [3.05, 3.63) is 28.8 Å². The van der Waals surface area contributed by atoms with Crippen LogP contribution in [-0.4, -0.2) is 18.9 Å². The summed E-state index contributed by atoms with van der Waals surface area (Å²) in [6.07, 6.45) is -4.91. The first-order chi connectivity index (χ1) is 9.23. The number of benzene rings is 1. The summed E-state index contributed by atoms with van der Waals surface area (Å²) in [5.74, 6) is -1.02. The van der Waals surface area contributed by atoms with Crippen LogP contribution in [0.4, 0.5) is 13.2 Å². The van der Waals surface area contributed by atoms with Gasteiger partial charge in [-0.1, -0.05) is 17.7 Å². The molecular formula is C12H13ClF3NO3. The van der Waals surface area contributed by atoms with E-state index in [4.69, 9.17) is 22.1 Å². The number of halogens is 4. The first kappa shape index (κ1) is 16.6. The first-order valence-corrected chi connectivity index (χ1v) is 6.07. The number of nitrogens with two attached hydrogens (primary N) is 1. The largest absolute Gasteiger partial charge is 0.573 e. The maximum absolute atomic E-state index is 12.1. The van der Waals surface area contributed by atoms with Gasteiger partial charge in [0.05, 0.1) is 18.1 Å². The van der Waals surface area contributed by atoms with Gasteiger partial charge >= 0.3 is 12.3 Å². The number of carbonyl (C=O) groups is 1. The van der Waals surface area contributed by atoms with E-state index in [-0.39, 0.29) is 18.1 Å². The van der Waals surface area contributed by atoms with Gasteiger partial charge in [-0.25, -0.2) is 0 Å². The van der Waals surface area contributed by atoms with Crippen molar-refractivity contribution >= 4 is 17.6 Å². The average molecular weight is 312 g/mol. The second-order valence-corrected chi connectivity index (χ2v) is 4.26. The van der Waals surface area contributed by atoms with Gasteiger partial charge in [0.2, 0.25) is 0 Å². The summed E-state index contributed by atoms with van der Waals surface area (Å²) in [6, 6.07) is 2.88. The summed E-state index contributed by atoms with van der Waals surface area (Å²) >= 11 is 5.68. The SMILES string of the molecule is CCOC(=O)C[C@@H](N)c1ccc(OC(F)(F)F)c(Cl)c1. The van der Waals surface area contributed by atoms with Crippen LogP contribution in [0, 0.1) is 0 Å². The Balaban J connectivity index is 2.78. The maximum Gasteiger partial charge on any atom is 0.573 e. The van der Waals surface area contributed by atoms with Gasteiger partial charge in [-0.15, -0.1) is 13.2 Å². The van der Waals surface area contributed by atoms with Crippen molar-refractivity contribution in [2.75, 3.05) is 6.61 Å². The lowest BCUT2D eigenvalue weighted by molar-refractivity contribution is -0.274. The van der Waals surface area contributed by atoms with Crippen LogP contribution in [0.2, 0.25) is 5.02 Å². The quantitative estimate of drug-likeness (QED) is 0.848. The summed E-state index contributed by atoms with van der Waals surface area (Å²) in [5.41, 5.74) is 6.16. The van der Waals surface area contributed by atoms with Crippen molar-refractivity contribution < 1.29 is 27.4 Å². The summed E-state index contributed by atoms with van der Waals surface area (Å²) in [4.78, 5) is 11.3. The fourth-order valence-electron chi connectivity index (χ4n) is 1.47. The molecule has 0 aliphatic rings. The van der Waals surface area contributed by atoms with Crippen LogP contribution in [0.1, 0.15) is 24.9 Å². The molecule has 0 unspecified atom stereocenters. The van der Waals surface area contributed by atoms with Gasteiger partial charge in [-0.05, 0) is 24.6 Å². The average Bonchev–Trinajstić information content (AvgIpc) is 2.30. The molecule has 1 aromatic carbocycles. The molecule has 0 saturated heterocycles. The molecule has 4 nitrogen and oxygen atoms in total.